The lowest BCUT2D eigenvalue weighted by Gasteiger charge is -2.18. The minimum Gasteiger partial charge on any atom is -0.394 e. The Balaban J connectivity index is 1.74. The van der Waals surface area contributed by atoms with Gasteiger partial charge in [0, 0.05) is 23.0 Å². The summed E-state index contributed by atoms with van der Waals surface area (Å²) >= 11 is 6.02. The molecule has 0 aliphatic carbocycles. The van der Waals surface area contributed by atoms with E-state index in [9.17, 15) is 14.5 Å². The first-order valence-corrected chi connectivity index (χ1v) is 12.7. The third kappa shape index (κ3) is 7.60. The van der Waals surface area contributed by atoms with Crippen LogP contribution in [-0.2, 0) is 9.09 Å². The van der Waals surface area contributed by atoms with Crippen molar-refractivity contribution in [3.8, 4) is 11.3 Å². The van der Waals surface area contributed by atoms with E-state index in [2.05, 4.69) is 30.1 Å². The first-order chi connectivity index (χ1) is 16.6. The van der Waals surface area contributed by atoms with Gasteiger partial charge in [0.15, 0.2) is 0 Å². The Labute approximate surface area is 207 Å². The zero-order valence-electron chi connectivity index (χ0n) is 19.1. The van der Waals surface area contributed by atoms with Crippen LogP contribution in [0.4, 0.5) is 5.95 Å². The summed E-state index contributed by atoms with van der Waals surface area (Å²) in [5.41, 5.74) is 2.91. The van der Waals surface area contributed by atoms with Gasteiger partial charge in [-0.2, -0.15) is 0 Å². The van der Waals surface area contributed by atoms with Gasteiger partial charge in [-0.15, -0.1) is 0 Å². The fourth-order valence-corrected chi connectivity index (χ4v) is 3.86. The number of hydrogen-bond acceptors (Lipinski definition) is 7. The third-order valence-corrected chi connectivity index (χ3v) is 5.90. The van der Waals surface area contributed by atoms with Crippen LogP contribution in [0.3, 0.4) is 0 Å². The number of amides is 1. The summed E-state index contributed by atoms with van der Waals surface area (Å²) in [5, 5.41) is 16.0. The van der Waals surface area contributed by atoms with Crippen molar-refractivity contribution in [3.63, 3.8) is 0 Å². The number of phosphoric ester groups is 1. The number of carbonyl (C=O) groups is 1. The van der Waals surface area contributed by atoms with E-state index in [0.717, 1.165) is 5.56 Å². The number of halogens is 1. The predicted molar refractivity (Wildman–Crippen MR) is 131 cm³/mol. The van der Waals surface area contributed by atoms with Crippen molar-refractivity contribution in [1.82, 2.24) is 20.3 Å². The lowest BCUT2D eigenvalue weighted by atomic mass is 10.1. The van der Waals surface area contributed by atoms with E-state index in [4.69, 9.17) is 21.4 Å². The van der Waals surface area contributed by atoms with Gasteiger partial charge < -0.3 is 30.5 Å². The molecule has 188 valence electrons. The average molecular weight is 524 g/mol. The molecule has 0 spiro atoms. The highest BCUT2D eigenvalue weighted by Crippen LogP contribution is 2.36. The smallest absolute Gasteiger partial charge is 0.394 e. The summed E-state index contributed by atoms with van der Waals surface area (Å²) in [6.07, 6.45) is 3.75. The molecule has 0 aliphatic rings. The van der Waals surface area contributed by atoms with Crippen molar-refractivity contribution in [2.45, 2.75) is 32.4 Å². The van der Waals surface area contributed by atoms with Gasteiger partial charge >= 0.3 is 7.82 Å². The predicted octanol–water partition coefficient (Wildman–Crippen LogP) is 3.20. The Morgan fingerprint density at radius 3 is 2.74 bits per heavy atom. The molecular weight excluding hydrogens is 497 g/mol. The number of benzene rings is 1. The van der Waals surface area contributed by atoms with Crippen molar-refractivity contribution in [1.29, 1.82) is 0 Å². The third-order valence-electron chi connectivity index (χ3n) is 5.18. The van der Waals surface area contributed by atoms with Crippen LogP contribution >= 0.6 is 19.4 Å². The number of hydrogen-bond donors (Lipinski definition) is 6. The number of phosphoric acid groups is 1. The monoisotopic (exact) mass is 523 g/mol. The average Bonchev–Trinajstić information content (AvgIpc) is 3.30. The Bertz CT molecular complexity index is 1220. The highest BCUT2D eigenvalue weighted by molar-refractivity contribution is 7.46. The van der Waals surface area contributed by atoms with E-state index in [0.29, 0.717) is 28.3 Å². The van der Waals surface area contributed by atoms with Gasteiger partial charge in [-0.1, -0.05) is 30.7 Å². The molecule has 2 heterocycles. The fraction of sp³-hybridized carbons (Fsp3) is 0.318. The number of aliphatic hydroxyl groups is 1. The molecule has 2 aromatic heterocycles. The Hall–Kier alpha value is -2.79. The summed E-state index contributed by atoms with van der Waals surface area (Å²) < 4.78 is 15.6. The first-order valence-electron chi connectivity index (χ1n) is 10.8. The molecule has 3 aromatic rings. The minimum absolute atomic E-state index is 0.222. The molecule has 13 heteroatoms. The van der Waals surface area contributed by atoms with E-state index >= 15 is 0 Å². The molecule has 3 rings (SSSR count). The first kappa shape index (κ1) is 26.8. The molecule has 0 bridgehead atoms. The Kier molecular flexibility index (Phi) is 9.01. The van der Waals surface area contributed by atoms with Gasteiger partial charge in [-0.05, 0) is 42.7 Å². The van der Waals surface area contributed by atoms with Crippen LogP contribution in [0.1, 0.15) is 41.0 Å². The summed E-state index contributed by atoms with van der Waals surface area (Å²) in [6, 6.07) is 7.47. The summed E-state index contributed by atoms with van der Waals surface area (Å²) in [5.74, 6) is -0.166. The van der Waals surface area contributed by atoms with Gasteiger partial charge in [-0.3, -0.25) is 9.32 Å². The maximum Gasteiger partial charge on any atom is 0.469 e. The van der Waals surface area contributed by atoms with Crippen molar-refractivity contribution in [3.05, 3.63) is 64.6 Å². The molecule has 0 aliphatic heterocycles. The topological polar surface area (TPSA) is 170 Å². The van der Waals surface area contributed by atoms with Gasteiger partial charge in [0.25, 0.3) is 5.91 Å². The number of nitrogens with one attached hydrogen (secondary N) is 3. The second-order valence-electron chi connectivity index (χ2n) is 7.83. The summed E-state index contributed by atoms with van der Waals surface area (Å²) in [6.45, 7) is 3.13. The summed E-state index contributed by atoms with van der Waals surface area (Å²) in [4.78, 5) is 42.3. The molecule has 1 aromatic carbocycles. The van der Waals surface area contributed by atoms with Gasteiger partial charge in [-0.25, -0.2) is 14.5 Å². The lowest BCUT2D eigenvalue weighted by molar-refractivity contribution is 0.0911. The normalized spacial score (nSPS) is 13.3. The van der Waals surface area contributed by atoms with Crippen LogP contribution < -0.4 is 10.6 Å². The van der Waals surface area contributed by atoms with Crippen molar-refractivity contribution in [2.24, 2.45) is 0 Å². The SMILES string of the molecule is CC[C@H](COP(=O)(O)O)Nc1ncc(C)c(-c2c[nH]c(C(=O)N[C@H](CO)c3cccc(Cl)c3)c2)n1. The van der Waals surface area contributed by atoms with Gasteiger partial charge in [0.05, 0.1) is 31.0 Å². The van der Waals surface area contributed by atoms with E-state index in [1.54, 1.807) is 42.7 Å². The van der Waals surface area contributed by atoms with Crippen LogP contribution in [0.2, 0.25) is 5.02 Å². The van der Waals surface area contributed by atoms with Crippen LogP contribution in [0.25, 0.3) is 11.3 Å². The quantitative estimate of drug-likeness (QED) is 0.206. The number of anilines is 1. The second kappa shape index (κ2) is 11.8. The van der Waals surface area contributed by atoms with Crippen molar-refractivity contribution in [2.75, 3.05) is 18.5 Å². The molecule has 1 amide bonds. The Morgan fingerprint density at radius 1 is 1.31 bits per heavy atom. The lowest BCUT2D eigenvalue weighted by Crippen LogP contribution is -2.31. The molecule has 2 atom stereocenters. The standard InChI is InChI=1S/C22H27ClN5O6P/c1-3-17(12-34-35(31,32)33)26-22-25-9-13(2)20(28-22)15-8-18(24-10-15)21(30)27-19(11-29)14-5-4-6-16(23)7-14/h4-10,17,19,24,29H,3,11-12H2,1-2H3,(H,27,30)(H,25,26,28)(H2,31,32,33)/t17-,19-/m1/s1. The zero-order valence-corrected chi connectivity index (χ0v) is 20.8. The maximum atomic E-state index is 12.8. The van der Waals surface area contributed by atoms with Crippen LogP contribution in [0, 0.1) is 6.92 Å². The number of aromatic amines is 1. The van der Waals surface area contributed by atoms with E-state index in [-0.39, 0.29) is 24.9 Å². The fourth-order valence-electron chi connectivity index (χ4n) is 3.29. The van der Waals surface area contributed by atoms with Gasteiger partial charge in [0.1, 0.15) is 5.69 Å². The molecule has 0 unspecified atom stereocenters. The highest BCUT2D eigenvalue weighted by Gasteiger charge is 2.20. The number of H-pyrrole nitrogens is 1. The number of aromatic nitrogens is 3. The molecule has 0 saturated carbocycles. The second-order valence-corrected chi connectivity index (χ2v) is 9.50. The molecule has 11 nitrogen and oxygen atoms in total. The summed E-state index contributed by atoms with van der Waals surface area (Å²) in [7, 11) is -4.59. The van der Waals surface area contributed by atoms with Crippen LogP contribution in [0.15, 0.2) is 42.7 Å². The van der Waals surface area contributed by atoms with Crippen molar-refractivity contribution < 1.29 is 28.8 Å². The number of carbonyl (C=O) groups excluding carboxylic acids is 1. The largest absolute Gasteiger partial charge is 0.469 e. The zero-order chi connectivity index (χ0) is 25.6. The molecule has 35 heavy (non-hydrogen) atoms. The van der Waals surface area contributed by atoms with Crippen LogP contribution in [0.5, 0.6) is 0 Å². The number of aryl methyl sites for hydroxylation is 1. The van der Waals surface area contributed by atoms with Crippen molar-refractivity contribution >= 4 is 31.3 Å². The molecule has 0 saturated heterocycles. The number of rotatable bonds is 11. The van der Waals surface area contributed by atoms with E-state index < -0.39 is 25.8 Å². The molecule has 6 N–H and O–H groups in total. The van der Waals surface area contributed by atoms with Gasteiger partial charge in [0.2, 0.25) is 5.95 Å². The minimum atomic E-state index is -4.59. The highest BCUT2D eigenvalue weighted by atomic mass is 35.5. The van der Waals surface area contributed by atoms with E-state index in [1.165, 1.54) is 0 Å². The number of nitrogens with zero attached hydrogens (tertiary/aromatic N) is 2. The molecule has 0 radical (unpaired) electrons. The maximum absolute atomic E-state index is 12.8. The van der Waals surface area contributed by atoms with Crippen LogP contribution in [-0.4, -0.2) is 55.0 Å². The molecular formula is C22H27ClN5O6P. The van der Waals surface area contributed by atoms with E-state index in [1.807, 2.05) is 13.8 Å². The Morgan fingerprint density at radius 2 is 2.09 bits per heavy atom. The molecule has 0 fully saturated rings. The number of aliphatic hydroxyl groups excluding tert-OH is 1.